The second-order valence-corrected chi connectivity index (χ2v) is 7.77. The number of aliphatic hydroxyl groups is 1. The van der Waals surface area contributed by atoms with Crippen LogP contribution in [0.3, 0.4) is 0 Å². The van der Waals surface area contributed by atoms with Crippen LogP contribution in [0.5, 0.6) is 0 Å². The fourth-order valence-corrected chi connectivity index (χ4v) is 4.37. The molecule has 27 heavy (non-hydrogen) atoms. The van der Waals surface area contributed by atoms with Gasteiger partial charge in [0, 0.05) is 24.1 Å². The highest BCUT2D eigenvalue weighted by atomic mass is 16.3. The van der Waals surface area contributed by atoms with E-state index in [4.69, 9.17) is 4.42 Å². The topological polar surface area (TPSA) is 36.6 Å². The molecule has 2 aromatic carbocycles. The van der Waals surface area contributed by atoms with Gasteiger partial charge in [0.25, 0.3) is 0 Å². The highest BCUT2D eigenvalue weighted by Gasteiger charge is 2.35. The number of rotatable bonds is 6. The van der Waals surface area contributed by atoms with E-state index in [9.17, 15) is 5.11 Å². The monoisotopic (exact) mass is 361 g/mol. The second-order valence-electron chi connectivity index (χ2n) is 7.77. The van der Waals surface area contributed by atoms with Gasteiger partial charge in [0.1, 0.15) is 5.76 Å². The lowest BCUT2D eigenvalue weighted by atomic mass is 9.75. The van der Waals surface area contributed by atoms with Crippen molar-refractivity contribution in [2.45, 2.75) is 25.8 Å². The van der Waals surface area contributed by atoms with Crippen LogP contribution >= 0.6 is 0 Å². The minimum Gasteiger partial charge on any atom is -0.464 e. The first-order chi connectivity index (χ1) is 13.3. The fraction of sp³-hybridized carbons (Fsp3) is 0.333. The number of piperidine rings is 1. The normalized spacial score (nSPS) is 20.6. The Morgan fingerprint density at radius 1 is 0.963 bits per heavy atom. The molecule has 1 atom stereocenters. The second kappa shape index (κ2) is 8.12. The van der Waals surface area contributed by atoms with E-state index in [2.05, 4.69) is 53.4 Å². The summed E-state index contributed by atoms with van der Waals surface area (Å²) in [5.41, 5.74) is 3.69. The Kier molecular flexibility index (Phi) is 5.42. The molecule has 3 heteroatoms. The van der Waals surface area contributed by atoms with Gasteiger partial charge in [0.05, 0.1) is 12.9 Å². The maximum atomic E-state index is 10.2. The van der Waals surface area contributed by atoms with E-state index in [-0.39, 0.29) is 12.0 Å². The Morgan fingerprint density at radius 2 is 1.78 bits per heavy atom. The molecule has 0 aliphatic carbocycles. The summed E-state index contributed by atoms with van der Waals surface area (Å²) < 4.78 is 5.63. The molecule has 1 aliphatic heterocycles. The molecule has 1 aliphatic rings. The highest BCUT2D eigenvalue weighted by molar-refractivity contribution is 5.61. The molecule has 0 amide bonds. The maximum Gasteiger partial charge on any atom is 0.134 e. The summed E-state index contributed by atoms with van der Waals surface area (Å²) in [5, 5.41) is 10.2. The van der Waals surface area contributed by atoms with Crippen molar-refractivity contribution in [2.75, 3.05) is 19.7 Å². The number of furan rings is 1. The van der Waals surface area contributed by atoms with Crippen LogP contribution in [0, 0.1) is 5.41 Å². The standard InChI is InChI=1S/C24H27NO2/c26-19-24(16-20-8-2-1-3-9-20)13-7-14-25(18-24)17-21-10-4-5-11-22(21)23-12-6-15-27-23/h1-6,8-12,15,26H,7,13-14,16-19H2. The minimum absolute atomic E-state index is 0.0563. The number of likely N-dealkylation sites (tertiary alicyclic amines) is 1. The predicted molar refractivity (Wildman–Crippen MR) is 108 cm³/mol. The average Bonchev–Trinajstić information content (AvgIpc) is 3.24. The van der Waals surface area contributed by atoms with Crippen molar-refractivity contribution in [3.8, 4) is 11.3 Å². The number of aliphatic hydroxyl groups excluding tert-OH is 1. The van der Waals surface area contributed by atoms with Crippen molar-refractivity contribution in [2.24, 2.45) is 5.41 Å². The van der Waals surface area contributed by atoms with Crippen LogP contribution in [-0.4, -0.2) is 29.7 Å². The Labute approximate surface area is 161 Å². The Bertz CT molecular complexity index is 844. The van der Waals surface area contributed by atoms with Crippen LogP contribution < -0.4 is 0 Å². The zero-order valence-corrected chi connectivity index (χ0v) is 15.7. The summed E-state index contributed by atoms with van der Waals surface area (Å²) in [6.45, 7) is 3.11. The van der Waals surface area contributed by atoms with Crippen molar-refractivity contribution >= 4 is 0 Å². The van der Waals surface area contributed by atoms with Crippen molar-refractivity contribution < 1.29 is 9.52 Å². The molecule has 1 aromatic heterocycles. The summed E-state index contributed by atoms with van der Waals surface area (Å²) in [7, 11) is 0. The van der Waals surface area contributed by atoms with Gasteiger partial charge in [-0.15, -0.1) is 0 Å². The van der Waals surface area contributed by atoms with E-state index < -0.39 is 0 Å². The van der Waals surface area contributed by atoms with Crippen LogP contribution in [0.4, 0.5) is 0 Å². The molecule has 3 nitrogen and oxygen atoms in total. The summed E-state index contributed by atoms with van der Waals surface area (Å²) in [6, 6.07) is 23.0. The third kappa shape index (κ3) is 4.15. The van der Waals surface area contributed by atoms with Gasteiger partial charge in [-0.2, -0.15) is 0 Å². The number of nitrogens with zero attached hydrogens (tertiary/aromatic N) is 1. The Morgan fingerprint density at radius 3 is 2.56 bits per heavy atom. The zero-order chi connectivity index (χ0) is 18.5. The van der Waals surface area contributed by atoms with Crippen molar-refractivity contribution in [1.29, 1.82) is 0 Å². The van der Waals surface area contributed by atoms with Gasteiger partial charge in [-0.25, -0.2) is 0 Å². The van der Waals surface area contributed by atoms with Crippen molar-refractivity contribution in [3.63, 3.8) is 0 Å². The molecule has 3 aromatic rings. The molecule has 1 fully saturated rings. The van der Waals surface area contributed by atoms with Gasteiger partial charge in [-0.05, 0) is 49.1 Å². The molecule has 140 valence electrons. The third-order valence-electron chi connectivity index (χ3n) is 5.70. The van der Waals surface area contributed by atoms with Crippen LogP contribution in [0.1, 0.15) is 24.0 Å². The van der Waals surface area contributed by atoms with E-state index in [1.165, 1.54) is 11.1 Å². The lowest BCUT2D eigenvalue weighted by Crippen LogP contribution is -2.46. The van der Waals surface area contributed by atoms with Crippen LogP contribution in [0.25, 0.3) is 11.3 Å². The van der Waals surface area contributed by atoms with Crippen molar-refractivity contribution in [1.82, 2.24) is 4.90 Å². The summed E-state index contributed by atoms with van der Waals surface area (Å²) >= 11 is 0. The summed E-state index contributed by atoms with van der Waals surface area (Å²) in [4.78, 5) is 2.49. The smallest absolute Gasteiger partial charge is 0.134 e. The zero-order valence-electron chi connectivity index (χ0n) is 15.7. The molecular formula is C24H27NO2. The van der Waals surface area contributed by atoms with Crippen LogP contribution in [0.15, 0.2) is 77.4 Å². The van der Waals surface area contributed by atoms with Gasteiger partial charge in [0.2, 0.25) is 0 Å². The summed E-state index contributed by atoms with van der Waals surface area (Å²) in [5.74, 6) is 0.917. The van der Waals surface area contributed by atoms with Gasteiger partial charge in [-0.3, -0.25) is 4.90 Å². The molecule has 2 heterocycles. The number of hydrogen-bond acceptors (Lipinski definition) is 3. The quantitative estimate of drug-likeness (QED) is 0.687. The van der Waals surface area contributed by atoms with Gasteiger partial charge in [0.15, 0.2) is 0 Å². The van der Waals surface area contributed by atoms with E-state index >= 15 is 0 Å². The van der Waals surface area contributed by atoms with Gasteiger partial charge < -0.3 is 9.52 Å². The van der Waals surface area contributed by atoms with E-state index in [1.807, 2.05) is 18.2 Å². The first kappa shape index (κ1) is 18.0. The third-order valence-corrected chi connectivity index (χ3v) is 5.70. The highest BCUT2D eigenvalue weighted by Crippen LogP contribution is 2.35. The lowest BCUT2D eigenvalue weighted by molar-refractivity contribution is 0.0289. The molecule has 1 saturated heterocycles. The molecule has 0 bridgehead atoms. The molecule has 0 radical (unpaired) electrons. The molecule has 4 rings (SSSR count). The average molecular weight is 361 g/mol. The Hall–Kier alpha value is -2.36. The van der Waals surface area contributed by atoms with E-state index in [0.29, 0.717) is 0 Å². The van der Waals surface area contributed by atoms with Crippen LogP contribution in [-0.2, 0) is 13.0 Å². The Balaban J connectivity index is 1.52. The van der Waals surface area contributed by atoms with Gasteiger partial charge >= 0.3 is 0 Å². The first-order valence-corrected chi connectivity index (χ1v) is 9.77. The predicted octanol–water partition coefficient (Wildman–Crippen LogP) is 4.76. The lowest BCUT2D eigenvalue weighted by Gasteiger charge is -2.42. The fourth-order valence-electron chi connectivity index (χ4n) is 4.37. The maximum absolute atomic E-state index is 10.2. The molecule has 0 spiro atoms. The largest absolute Gasteiger partial charge is 0.464 e. The van der Waals surface area contributed by atoms with E-state index in [0.717, 1.165) is 50.2 Å². The molecule has 0 saturated carbocycles. The molecule has 1 N–H and O–H groups in total. The number of hydrogen-bond donors (Lipinski definition) is 1. The van der Waals surface area contributed by atoms with Crippen molar-refractivity contribution in [3.05, 3.63) is 84.1 Å². The number of benzene rings is 2. The van der Waals surface area contributed by atoms with E-state index in [1.54, 1.807) is 6.26 Å². The molecule has 1 unspecified atom stereocenters. The SMILES string of the molecule is OCC1(Cc2ccccc2)CCCN(Cc2ccccc2-c2ccco2)C1. The minimum atomic E-state index is -0.0563. The first-order valence-electron chi connectivity index (χ1n) is 9.77. The van der Waals surface area contributed by atoms with Gasteiger partial charge in [-0.1, -0.05) is 54.6 Å². The van der Waals surface area contributed by atoms with Crippen LogP contribution in [0.2, 0.25) is 0 Å². The summed E-state index contributed by atoms with van der Waals surface area (Å²) in [6.07, 6.45) is 4.86. The molecular weight excluding hydrogens is 334 g/mol.